The van der Waals surface area contributed by atoms with Gasteiger partial charge in [-0.15, -0.1) is 21.5 Å². The topological polar surface area (TPSA) is 98.0 Å². The molecule has 2 aromatic rings. The van der Waals surface area contributed by atoms with Crippen molar-refractivity contribution in [1.82, 2.24) is 14.9 Å². The Morgan fingerprint density at radius 3 is 2.56 bits per heavy atom. The lowest BCUT2D eigenvalue weighted by atomic mass is 10.4. The minimum absolute atomic E-state index is 0.103. The highest BCUT2D eigenvalue weighted by Crippen LogP contribution is 2.25. The highest BCUT2D eigenvalue weighted by molar-refractivity contribution is 7.89. The molecule has 0 aromatic carbocycles. The zero-order chi connectivity index (χ0) is 13.3. The Morgan fingerprint density at radius 1 is 1.33 bits per heavy atom. The molecule has 0 aliphatic rings. The number of sulfonamides is 1. The first-order chi connectivity index (χ1) is 8.38. The summed E-state index contributed by atoms with van der Waals surface area (Å²) in [5.74, 6) is 0. The van der Waals surface area contributed by atoms with Crippen molar-refractivity contribution < 1.29 is 8.42 Å². The van der Waals surface area contributed by atoms with Gasteiger partial charge in [-0.2, -0.15) is 0 Å². The van der Waals surface area contributed by atoms with Crippen LogP contribution in [-0.2, 0) is 16.6 Å². The van der Waals surface area contributed by atoms with E-state index < -0.39 is 10.0 Å². The van der Waals surface area contributed by atoms with Gasteiger partial charge < -0.3 is 5.73 Å². The molecular weight excluding hydrogens is 292 g/mol. The number of hydrogen-bond donors (Lipinski definition) is 2. The second-order valence-electron chi connectivity index (χ2n) is 3.64. The molecule has 0 amide bonds. The smallest absolute Gasteiger partial charge is 0.242 e. The molecule has 0 radical (unpaired) electrons. The Morgan fingerprint density at radius 2 is 2.06 bits per heavy atom. The summed E-state index contributed by atoms with van der Waals surface area (Å²) in [7, 11) is -3.50. The van der Waals surface area contributed by atoms with Crippen LogP contribution in [0.4, 0.5) is 5.13 Å². The fraction of sp³-hybridized carbons (Fsp3) is 0.333. The van der Waals surface area contributed by atoms with Gasteiger partial charge in [0.25, 0.3) is 0 Å². The average molecular weight is 304 g/mol. The molecule has 0 aliphatic heterocycles. The van der Waals surface area contributed by atoms with Crippen LogP contribution in [0.5, 0.6) is 0 Å². The first-order valence-corrected chi connectivity index (χ1v) is 8.14. The standard InChI is InChI=1S/C9H12N4O2S3/c1-5-3-7(6(2)16-5)18(14,15)11-4-8-12-13-9(10)17-8/h3,11H,4H2,1-2H3,(H2,10,13). The lowest BCUT2D eigenvalue weighted by molar-refractivity contribution is 0.580. The lowest BCUT2D eigenvalue weighted by Crippen LogP contribution is -2.23. The van der Waals surface area contributed by atoms with E-state index in [0.29, 0.717) is 15.0 Å². The van der Waals surface area contributed by atoms with E-state index in [0.717, 1.165) is 21.1 Å². The van der Waals surface area contributed by atoms with Crippen LogP contribution in [0.2, 0.25) is 0 Å². The molecule has 0 fully saturated rings. The monoisotopic (exact) mass is 304 g/mol. The van der Waals surface area contributed by atoms with Crippen LogP contribution in [-0.4, -0.2) is 18.6 Å². The van der Waals surface area contributed by atoms with Crippen molar-refractivity contribution in [2.75, 3.05) is 5.73 Å². The number of rotatable bonds is 4. The largest absolute Gasteiger partial charge is 0.374 e. The van der Waals surface area contributed by atoms with Crippen molar-refractivity contribution in [1.29, 1.82) is 0 Å². The first-order valence-electron chi connectivity index (χ1n) is 5.03. The van der Waals surface area contributed by atoms with Crippen LogP contribution >= 0.6 is 22.7 Å². The maximum atomic E-state index is 12.1. The Kier molecular flexibility index (Phi) is 3.66. The van der Waals surface area contributed by atoms with E-state index in [2.05, 4.69) is 14.9 Å². The van der Waals surface area contributed by atoms with Crippen LogP contribution in [0, 0.1) is 13.8 Å². The molecule has 0 aliphatic carbocycles. The van der Waals surface area contributed by atoms with Gasteiger partial charge in [0.2, 0.25) is 15.2 Å². The molecule has 98 valence electrons. The number of hydrogen-bond acceptors (Lipinski definition) is 7. The summed E-state index contributed by atoms with van der Waals surface area (Å²) < 4.78 is 26.6. The zero-order valence-corrected chi connectivity index (χ0v) is 12.2. The Labute approximate surface area is 113 Å². The molecule has 0 spiro atoms. The number of thiophene rings is 1. The summed E-state index contributed by atoms with van der Waals surface area (Å²) >= 11 is 2.62. The fourth-order valence-corrected chi connectivity index (χ4v) is 4.63. The van der Waals surface area contributed by atoms with E-state index in [1.165, 1.54) is 11.3 Å². The molecule has 2 aromatic heterocycles. The second-order valence-corrected chi connectivity index (χ2v) is 7.93. The molecule has 2 rings (SSSR count). The van der Waals surface area contributed by atoms with Gasteiger partial charge in [0.05, 0.1) is 11.4 Å². The molecular formula is C9H12N4O2S3. The zero-order valence-electron chi connectivity index (χ0n) is 9.80. The SMILES string of the molecule is Cc1cc(S(=O)(=O)NCc2nnc(N)s2)c(C)s1. The number of anilines is 1. The van der Waals surface area contributed by atoms with Crippen molar-refractivity contribution in [2.45, 2.75) is 25.3 Å². The molecule has 2 heterocycles. The quantitative estimate of drug-likeness (QED) is 0.886. The van der Waals surface area contributed by atoms with E-state index in [-0.39, 0.29) is 6.54 Å². The lowest BCUT2D eigenvalue weighted by Gasteiger charge is -2.03. The number of nitrogen functional groups attached to an aromatic ring is 1. The number of nitrogens with two attached hydrogens (primary N) is 1. The second kappa shape index (κ2) is 4.92. The number of nitrogens with one attached hydrogen (secondary N) is 1. The van der Waals surface area contributed by atoms with Crippen LogP contribution in [0.1, 0.15) is 14.8 Å². The van der Waals surface area contributed by atoms with Gasteiger partial charge in [-0.25, -0.2) is 13.1 Å². The minimum Gasteiger partial charge on any atom is -0.374 e. The van der Waals surface area contributed by atoms with E-state index in [1.807, 2.05) is 6.92 Å². The summed E-state index contributed by atoms with van der Waals surface area (Å²) in [6.07, 6.45) is 0. The van der Waals surface area contributed by atoms with Gasteiger partial charge in [-0.1, -0.05) is 11.3 Å². The third kappa shape index (κ3) is 2.86. The fourth-order valence-electron chi connectivity index (χ4n) is 1.45. The normalized spacial score (nSPS) is 11.9. The van der Waals surface area contributed by atoms with Gasteiger partial charge in [0.15, 0.2) is 0 Å². The number of nitrogens with zero attached hydrogens (tertiary/aromatic N) is 2. The molecule has 18 heavy (non-hydrogen) atoms. The van der Waals surface area contributed by atoms with E-state index in [1.54, 1.807) is 13.0 Å². The van der Waals surface area contributed by atoms with Crippen LogP contribution < -0.4 is 10.5 Å². The third-order valence-electron chi connectivity index (χ3n) is 2.18. The van der Waals surface area contributed by atoms with E-state index in [4.69, 9.17) is 5.73 Å². The van der Waals surface area contributed by atoms with Gasteiger partial charge in [0.1, 0.15) is 5.01 Å². The molecule has 0 saturated carbocycles. The summed E-state index contributed by atoms with van der Waals surface area (Å²) in [6, 6.07) is 1.66. The van der Waals surface area contributed by atoms with Gasteiger partial charge in [-0.3, -0.25) is 0 Å². The number of aromatic nitrogens is 2. The third-order valence-corrected chi connectivity index (χ3v) is 5.56. The van der Waals surface area contributed by atoms with Crippen molar-refractivity contribution in [3.05, 3.63) is 20.8 Å². The molecule has 0 unspecified atom stereocenters. The van der Waals surface area contributed by atoms with Crippen molar-refractivity contribution in [2.24, 2.45) is 0 Å². The average Bonchev–Trinajstić information content (AvgIpc) is 2.82. The molecule has 3 N–H and O–H groups in total. The van der Waals surface area contributed by atoms with Crippen molar-refractivity contribution in [3.8, 4) is 0 Å². The van der Waals surface area contributed by atoms with Gasteiger partial charge in [-0.05, 0) is 19.9 Å². The van der Waals surface area contributed by atoms with Crippen molar-refractivity contribution >= 4 is 37.8 Å². The Bertz CT molecular complexity index is 659. The molecule has 6 nitrogen and oxygen atoms in total. The Balaban J connectivity index is 2.15. The highest BCUT2D eigenvalue weighted by atomic mass is 32.2. The Hall–Kier alpha value is -1.03. The molecule has 9 heteroatoms. The first kappa shape index (κ1) is 13.4. The molecule has 0 saturated heterocycles. The maximum absolute atomic E-state index is 12.1. The summed E-state index contributed by atoms with van der Waals surface area (Å²) in [4.78, 5) is 2.06. The van der Waals surface area contributed by atoms with Gasteiger partial charge >= 0.3 is 0 Å². The highest BCUT2D eigenvalue weighted by Gasteiger charge is 2.19. The van der Waals surface area contributed by atoms with Crippen LogP contribution in [0.3, 0.4) is 0 Å². The van der Waals surface area contributed by atoms with E-state index >= 15 is 0 Å². The van der Waals surface area contributed by atoms with Crippen molar-refractivity contribution in [3.63, 3.8) is 0 Å². The predicted octanol–water partition coefficient (Wildman–Crippen LogP) is 1.28. The number of aryl methyl sites for hydroxylation is 2. The van der Waals surface area contributed by atoms with E-state index in [9.17, 15) is 8.42 Å². The minimum atomic E-state index is -3.50. The summed E-state index contributed by atoms with van der Waals surface area (Å²) in [5.41, 5.74) is 5.43. The maximum Gasteiger partial charge on any atom is 0.242 e. The van der Waals surface area contributed by atoms with Crippen LogP contribution in [0.25, 0.3) is 0 Å². The van der Waals surface area contributed by atoms with Crippen LogP contribution in [0.15, 0.2) is 11.0 Å². The predicted molar refractivity (Wildman–Crippen MR) is 72.1 cm³/mol. The summed E-state index contributed by atoms with van der Waals surface area (Å²) in [5, 5.41) is 8.25. The molecule has 0 bridgehead atoms. The summed E-state index contributed by atoms with van der Waals surface area (Å²) in [6.45, 7) is 3.77. The molecule has 0 atom stereocenters. The van der Waals surface area contributed by atoms with Gasteiger partial charge in [0, 0.05) is 9.75 Å².